The molecule has 0 radical (unpaired) electrons. The number of aromatic hydroxyl groups is 1. The topological polar surface area (TPSA) is 32.3 Å². The Hall–Kier alpha value is -0.730. The van der Waals surface area contributed by atoms with Crippen molar-refractivity contribution in [2.24, 2.45) is 0 Å². The maximum Gasteiger partial charge on any atom is 0.120 e. The minimum Gasteiger partial charge on any atom is -0.508 e. The van der Waals surface area contributed by atoms with E-state index in [2.05, 4.69) is 5.32 Å². The van der Waals surface area contributed by atoms with E-state index in [4.69, 9.17) is 0 Å². The molecule has 1 heterocycles. The summed E-state index contributed by atoms with van der Waals surface area (Å²) < 4.78 is 0. The Kier molecular flexibility index (Phi) is 3.58. The first-order valence-corrected chi connectivity index (χ1v) is 4.39. The van der Waals surface area contributed by atoms with Crippen molar-refractivity contribution in [3.8, 4) is 5.75 Å². The predicted octanol–water partition coefficient (Wildman–Crippen LogP) is 2.24. The highest BCUT2D eigenvalue weighted by atomic mass is 35.5. The molecule has 1 aliphatic heterocycles. The molecule has 1 aromatic carbocycles. The Balaban J connectivity index is 0.000000845. The molecule has 0 unspecified atom stereocenters. The van der Waals surface area contributed by atoms with E-state index in [0.29, 0.717) is 11.8 Å². The summed E-state index contributed by atoms with van der Waals surface area (Å²) in [5, 5.41) is 12.9. The second kappa shape index (κ2) is 4.49. The Bertz CT molecular complexity index is 271. The van der Waals surface area contributed by atoms with Crippen molar-refractivity contribution >= 4 is 12.4 Å². The van der Waals surface area contributed by atoms with Gasteiger partial charge >= 0.3 is 0 Å². The largest absolute Gasteiger partial charge is 0.508 e. The fourth-order valence-electron chi connectivity index (χ4n) is 1.73. The van der Waals surface area contributed by atoms with Crippen molar-refractivity contribution in [2.75, 3.05) is 6.54 Å². The summed E-state index contributed by atoms with van der Waals surface area (Å²) in [5.74, 6) is 0.414. The quantitative estimate of drug-likeness (QED) is 0.727. The van der Waals surface area contributed by atoms with Crippen LogP contribution in [0, 0.1) is 0 Å². The molecule has 13 heavy (non-hydrogen) atoms. The summed E-state index contributed by atoms with van der Waals surface area (Å²) in [6.07, 6.45) is 2.34. The molecule has 0 aromatic heterocycles. The number of para-hydroxylation sites is 1. The Morgan fingerprint density at radius 3 is 2.69 bits per heavy atom. The highest BCUT2D eigenvalue weighted by Crippen LogP contribution is 2.29. The van der Waals surface area contributed by atoms with Crippen LogP contribution in [0.5, 0.6) is 5.75 Å². The first kappa shape index (κ1) is 10.4. The fourth-order valence-corrected chi connectivity index (χ4v) is 1.73. The standard InChI is InChI=1S/C10H13NO.ClH/c12-10-6-2-1-4-8(10)9-5-3-7-11-9;/h1-2,4,6,9,11-12H,3,5,7H2;1H/t9-;/m1./s1. The van der Waals surface area contributed by atoms with Crippen molar-refractivity contribution in [1.29, 1.82) is 0 Å². The lowest BCUT2D eigenvalue weighted by molar-refractivity contribution is 0.457. The minimum absolute atomic E-state index is 0. The van der Waals surface area contributed by atoms with Gasteiger partial charge in [-0.2, -0.15) is 0 Å². The van der Waals surface area contributed by atoms with Crippen LogP contribution in [-0.4, -0.2) is 11.7 Å². The zero-order valence-electron chi connectivity index (χ0n) is 7.36. The molecule has 1 fully saturated rings. The van der Waals surface area contributed by atoms with Gasteiger partial charge in [0.2, 0.25) is 0 Å². The monoisotopic (exact) mass is 199 g/mol. The Morgan fingerprint density at radius 2 is 2.08 bits per heavy atom. The number of benzene rings is 1. The maximum absolute atomic E-state index is 9.53. The molecule has 0 amide bonds. The zero-order valence-corrected chi connectivity index (χ0v) is 8.18. The molecule has 0 bridgehead atoms. The van der Waals surface area contributed by atoms with E-state index in [-0.39, 0.29) is 12.4 Å². The number of nitrogens with one attached hydrogen (secondary N) is 1. The fraction of sp³-hybridized carbons (Fsp3) is 0.400. The number of hydrogen-bond donors (Lipinski definition) is 2. The molecule has 1 aliphatic rings. The Labute approximate surface area is 84.4 Å². The van der Waals surface area contributed by atoms with E-state index in [1.165, 1.54) is 6.42 Å². The van der Waals surface area contributed by atoms with E-state index in [9.17, 15) is 5.11 Å². The third kappa shape index (κ3) is 2.14. The van der Waals surface area contributed by atoms with Gasteiger partial charge < -0.3 is 10.4 Å². The first-order valence-electron chi connectivity index (χ1n) is 4.39. The summed E-state index contributed by atoms with van der Waals surface area (Å²) in [6, 6.07) is 7.92. The predicted molar refractivity (Wildman–Crippen MR) is 55.3 cm³/mol. The van der Waals surface area contributed by atoms with Gasteiger partial charge in [-0.05, 0) is 25.5 Å². The van der Waals surface area contributed by atoms with Crippen molar-refractivity contribution in [3.05, 3.63) is 29.8 Å². The summed E-state index contributed by atoms with van der Waals surface area (Å²) in [7, 11) is 0. The van der Waals surface area contributed by atoms with Gasteiger partial charge in [0.1, 0.15) is 5.75 Å². The van der Waals surface area contributed by atoms with Gasteiger partial charge in [0.15, 0.2) is 0 Å². The molecule has 3 heteroatoms. The minimum atomic E-state index is 0. The van der Waals surface area contributed by atoms with Crippen molar-refractivity contribution < 1.29 is 5.11 Å². The summed E-state index contributed by atoms with van der Waals surface area (Å²) in [4.78, 5) is 0. The van der Waals surface area contributed by atoms with Crippen molar-refractivity contribution in [3.63, 3.8) is 0 Å². The molecule has 0 saturated carbocycles. The highest BCUT2D eigenvalue weighted by Gasteiger charge is 2.18. The lowest BCUT2D eigenvalue weighted by atomic mass is 10.0. The SMILES string of the molecule is Cl.Oc1ccccc1[C@H]1CCCN1. The number of halogens is 1. The lowest BCUT2D eigenvalue weighted by Gasteiger charge is -2.11. The van der Waals surface area contributed by atoms with E-state index in [1.807, 2.05) is 18.2 Å². The number of rotatable bonds is 1. The van der Waals surface area contributed by atoms with Crippen molar-refractivity contribution in [2.45, 2.75) is 18.9 Å². The average Bonchev–Trinajstić information content (AvgIpc) is 2.57. The lowest BCUT2D eigenvalue weighted by Crippen LogP contribution is -2.12. The summed E-state index contributed by atoms with van der Waals surface area (Å²) >= 11 is 0. The van der Waals surface area contributed by atoms with Crippen molar-refractivity contribution in [1.82, 2.24) is 5.32 Å². The van der Waals surface area contributed by atoms with Crippen LogP contribution < -0.4 is 5.32 Å². The van der Waals surface area contributed by atoms with E-state index in [0.717, 1.165) is 18.5 Å². The van der Waals surface area contributed by atoms with Crippen LogP contribution in [0.25, 0.3) is 0 Å². The molecular formula is C10H14ClNO. The van der Waals surface area contributed by atoms with Crippen LogP contribution in [0.3, 0.4) is 0 Å². The third-order valence-corrected chi connectivity index (χ3v) is 2.37. The van der Waals surface area contributed by atoms with Gasteiger partial charge in [0, 0.05) is 11.6 Å². The molecule has 1 saturated heterocycles. The summed E-state index contributed by atoms with van der Waals surface area (Å²) in [6.45, 7) is 1.07. The zero-order chi connectivity index (χ0) is 8.39. The number of phenols is 1. The highest BCUT2D eigenvalue weighted by molar-refractivity contribution is 5.85. The molecule has 0 aliphatic carbocycles. The van der Waals surface area contributed by atoms with Crippen LogP contribution in [0.15, 0.2) is 24.3 Å². The van der Waals surface area contributed by atoms with Crippen LogP contribution >= 0.6 is 12.4 Å². The van der Waals surface area contributed by atoms with Crippen LogP contribution in [-0.2, 0) is 0 Å². The third-order valence-electron chi connectivity index (χ3n) is 2.37. The second-order valence-corrected chi connectivity index (χ2v) is 3.21. The molecule has 72 valence electrons. The Morgan fingerprint density at radius 1 is 1.31 bits per heavy atom. The number of hydrogen-bond acceptors (Lipinski definition) is 2. The second-order valence-electron chi connectivity index (χ2n) is 3.21. The average molecular weight is 200 g/mol. The van der Waals surface area contributed by atoms with E-state index < -0.39 is 0 Å². The normalized spacial score (nSPS) is 21.1. The smallest absolute Gasteiger partial charge is 0.120 e. The maximum atomic E-state index is 9.53. The van der Waals surface area contributed by atoms with Gasteiger partial charge in [-0.25, -0.2) is 0 Å². The molecule has 2 N–H and O–H groups in total. The molecule has 0 spiro atoms. The molecule has 2 rings (SSSR count). The van der Waals surface area contributed by atoms with Gasteiger partial charge in [0.05, 0.1) is 0 Å². The first-order chi connectivity index (χ1) is 5.88. The van der Waals surface area contributed by atoms with Crippen LogP contribution in [0.1, 0.15) is 24.4 Å². The van der Waals surface area contributed by atoms with Crippen LogP contribution in [0.4, 0.5) is 0 Å². The molecule has 1 atom stereocenters. The van der Waals surface area contributed by atoms with Gasteiger partial charge in [0.25, 0.3) is 0 Å². The number of phenolic OH excluding ortho intramolecular Hbond substituents is 1. The van der Waals surface area contributed by atoms with Crippen LogP contribution in [0.2, 0.25) is 0 Å². The van der Waals surface area contributed by atoms with E-state index >= 15 is 0 Å². The van der Waals surface area contributed by atoms with Gasteiger partial charge in [-0.3, -0.25) is 0 Å². The molecule has 2 nitrogen and oxygen atoms in total. The van der Waals surface area contributed by atoms with Gasteiger partial charge in [-0.15, -0.1) is 12.4 Å². The molecular weight excluding hydrogens is 186 g/mol. The molecule has 1 aromatic rings. The summed E-state index contributed by atoms with van der Waals surface area (Å²) in [5.41, 5.74) is 1.04. The van der Waals surface area contributed by atoms with Gasteiger partial charge in [-0.1, -0.05) is 18.2 Å². The van der Waals surface area contributed by atoms with E-state index in [1.54, 1.807) is 6.07 Å².